The molecule has 3 rings (SSSR count). The number of para-hydroxylation sites is 1. The molecule has 2 aromatic carbocycles. The molecule has 1 aliphatic heterocycles. The second kappa shape index (κ2) is 9.20. The van der Waals surface area contributed by atoms with Gasteiger partial charge >= 0.3 is 6.03 Å². The molecule has 0 radical (unpaired) electrons. The second-order valence-corrected chi connectivity index (χ2v) is 6.44. The van der Waals surface area contributed by atoms with Gasteiger partial charge in [-0.1, -0.05) is 24.3 Å². The summed E-state index contributed by atoms with van der Waals surface area (Å²) in [6.45, 7) is 1.46. The van der Waals surface area contributed by atoms with Crippen LogP contribution >= 0.6 is 0 Å². The first-order valence-electron chi connectivity index (χ1n) is 9.01. The van der Waals surface area contributed by atoms with Crippen molar-refractivity contribution in [1.29, 1.82) is 0 Å². The van der Waals surface area contributed by atoms with Gasteiger partial charge < -0.3 is 19.7 Å². The summed E-state index contributed by atoms with van der Waals surface area (Å²) in [4.78, 5) is 25.9. The third kappa shape index (κ3) is 4.79. The number of hydrazine groups is 1. The van der Waals surface area contributed by atoms with E-state index in [2.05, 4.69) is 10.7 Å². The molecule has 3 amide bonds. The van der Waals surface area contributed by atoms with E-state index in [1.165, 1.54) is 0 Å². The summed E-state index contributed by atoms with van der Waals surface area (Å²) < 4.78 is 11.2. The fourth-order valence-electron chi connectivity index (χ4n) is 3.13. The Morgan fingerprint density at radius 1 is 1.25 bits per heavy atom. The molecule has 148 valence electrons. The smallest absolute Gasteiger partial charge is 0.322 e. The predicted octanol–water partition coefficient (Wildman–Crippen LogP) is 1.77. The number of methoxy groups -OCH3 is 1. The third-order valence-electron chi connectivity index (χ3n) is 4.58. The molecule has 2 aromatic rings. The summed E-state index contributed by atoms with van der Waals surface area (Å²) >= 11 is 0. The molecule has 28 heavy (non-hydrogen) atoms. The lowest BCUT2D eigenvalue weighted by atomic mass is 10.0. The number of nitrogens with one attached hydrogen (secondary N) is 2. The Morgan fingerprint density at radius 3 is 2.75 bits per heavy atom. The van der Waals surface area contributed by atoms with Crippen molar-refractivity contribution in [3.8, 4) is 5.75 Å². The summed E-state index contributed by atoms with van der Waals surface area (Å²) in [5.41, 5.74) is 4.17. The number of urea groups is 1. The van der Waals surface area contributed by atoms with Gasteiger partial charge in [0.1, 0.15) is 5.75 Å². The molecule has 1 heterocycles. The number of carbonyl (C=O) groups excluding carboxylic acids is 2. The molecule has 1 atom stereocenters. The van der Waals surface area contributed by atoms with E-state index in [1.54, 1.807) is 24.1 Å². The largest absolute Gasteiger partial charge is 0.496 e. The van der Waals surface area contributed by atoms with Crippen LogP contribution in [0.3, 0.4) is 0 Å². The van der Waals surface area contributed by atoms with Crippen LogP contribution in [0, 0.1) is 0 Å². The molecule has 0 aromatic heterocycles. The molecular weight excluding hydrogens is 360 g/mol. The molecule has 1 saturated heterocycles. The zero-order valence-corrected chi connectivity index (χ0v) is 15.7. The zero-order valence-electron chi connectivity index (χ0n) is 15.7. The number of nitrogen functional groups attached to an aromatic ring is 1. The number of nitrogens with zero attached hydrogens (tertiary/aromatic N) is 1. The van der Waals surface area contributed by atoms with Crippen LogP contribution in [0.4, 0.5) is 10.5 Å². The highest BCUT2D eigenvalue weighted by molar-refractivity contribution is 5.94. The van der Waals surface area contributed by atoms with Gasteiger partial charge in [0.25, 0.3) is 5.91 Å². The number of nitrogens with two attached hydrogens (primary N) is 1. The third-order valence-corrected chi connectivity index (χ3v) is 4.58. The molecule has 1 fully saturated rings. The highest BCUT2D eigenvalue weighted by Gasteiger charge is 2.25. The van der Waals surface area contributed by atoms with Crippen LogP contribution in [-0.4, -0.2) is 49.7 Å². The highest BCUT2D eigenvalue weighted by atomic mass is 16.5. The summed E-state index contributed by atoms with van der Waals surface area (Å²) in [7, 11) is 1.55. The lowest BCUT2D eigenvalue weighted by Crippen LogP contribution is -2.48. The number of hydrogen-bond acceptors (Lipinski definition) is 5. The highest BCUT2D eigenvalue weighted by Crippen LogP contribution is 2.24. The average molecular weight is 384 g/mol. The maximum absolute atomic E-state index is 12.5. The maximum Gasteiger partial charge on any atom is 0.322 e. The van der Waals surface area contributed by atoms with Gasteiger partial charge in [0.15, 0.2) is 0 Å². The number of benzene rings is 2. The van der Waals surface area contributed by atoms with Gasteiger partial charge in [0.2, 0.25) is 0 Å². The molecule has 8 nitrogen and oxygen atoms in total. The van der Waals surface area contributed by atoms with E-state index in [4.69, 9.17) is 15.3 Å². The minimum absolute atomic E-state index is 0.151. The Morgan fingerprint density at radius 2 is 2.04 bits per heavy atom. The number of morpholine rings is 1. The van der Waals surface area contributed by atoms with Crippen molar-refractivity contribution >= 4 is 17.6 Å². The van der Waals surface area contributed by atoms with E-state index in [-0.39, 0.29) is 18.0 Å². The van der Waals surface area contributed by atoms with Crippen molar-refractivity contribution in [1.82, 2.24) is 10.3 Å². The lowest BCUT2D eigenvalue weighted by molar-refractivity contribution is -0.0115. The molecule has 0 aliphatic carbocycles. The second-order valence-electron chi connectivity index (χ2n) is 6.44. The van der Waals surface area contributed by atoms with Crippen LogP contribution in [0.1, 0.15) is 15.9 Å². The molecule has 4 N–H and O–H groups in total. The van der Waals surface area contributed by atoms with Crippen molar-refractivity contribution < 1.29 is 19.1 Å². The Labute approximate surface area is 163 Å². The monoisotopic (exact) mass is 384 g/mol. The lowest BCUT2D eigenvalue weighted by Gasteiger charge is -2.33. The molecule has 0 bridgehead atoms. The van der Waals surface area contributed by atoms with E-state index >= 15 is 0 Å². The fraction of sp³-hybridized carbons (Fsp3) is 0.300. The number of hydrogen-bond donors (Lipinski definition) is 3. The molecule has 0 spiro atoms. The summed E-state index contributed by atoms with van der Waals surface area (Å²) in [6.07, 6.45) is 0.390. The number of ether oxygens (including phenoxy) is 2. The van der Waals surface area contributed by atoms with Gasteiger partial charge in [-0.25, -0.2) is 10.6 Å². The fourth-order valence-corrected chi connectivity index (χ4v) is 3.13. The van der Waals surface area contributed by atoms with Crippen LogP contribution in [0.5, 0.6) is 5.75 Å². The van der Waals surface area contributed by atoms with Crippen molar-refractivity contribution in [2.24, 2.45) is 5.84 Å². The summed E-state index contributed by atoms with van der Waals surface area (Å²) in [6, 6.07) is 14.3. The standard InChI is InChI=1S/C20H24N4O4/c1-27-18-12-15(19(25)23-21)8-7-14(18)11-17-13-24(9-10-28-17)20(26)22-16-5-3-2-4-6-16/h2-8,12,17H,9-11,13,21H2,1H3,(H,22,26)(H,23,25). The predicted molar refractivity (Wildman–Crippen MR) is 105 cm³/mol. The number of anilines is 1. The zero-order chi connectivity index (χ0) is 19.9. The first-order valence-corrected chi connectivity index (χ1v) is 9.01. The molecule has 8 heteroatoms. The number of amides is 3. The van der Waals surface area contributed by atoms with E-state index in [0.29, 0.717) is 37.4 Å². The van der Waals surface area contributed by atoms with Crippen molar-refractivity contribution in [3.05, 3.63) is 59.7 Å². The normalized spacial score (nSPS) is 16.4. The summed E-state index contributed by atoms with van der Waals surface area (Å²) in [5.74, 6) is 5.37. The summed E-state index contributed by atoms with van der Waals surface area (Å²) in [5, 5.41) is 2.90. The Hall–Kier alpha value is -3.10. The van der Waals surface area contributed by atoms with Gasteiger partial charge in [-0.15, -0.1) is 0 Å². The van der Waals surface area contributed by atoms with Gasteiger partial charge in [0.05, 0.1) is 19.8 Å². The maximum atomic E-state index is 12.5. The van der Waals surface area contributed by atoms with Gasteiger partial charge in [-0.3, -0.25) is 10.2 Å². The molecule has 0 saturated carbocycles. The van der Waals surface area contributed by atoms with Crippen LogP contribution in [0.2, 0.25) is 0 Å². The first kappa shape index (κ1) is 19.7. The Kier molecular flexibility index (Phi) is 6.46. The van der Waals surface area contributed by atoms with E-state index in [1.807, 2.05) is 36.4 Å². The van der Waals surface area contributed by atoms with Crippen LogP contribution in [0.15, 0.2) is 48.5 Å². The van der Waals surface area contributed by atoms with E-state index in [0.717, 1.165) is 11.3 Å². The Balaban J connectivity index is 1.64. The van der Waals surface area contributed by atoms with Crippen LogP contribution < -0.4 is 21.3 Å². The first-order chi connectivity index (χ1) is 13.6. The van der Waals surface area contributed by atoms with E-state index in [9.17, 15) is 9.59 Å². The van der Waals surface area contributed by atoms with Crippen LogP contribution in [-0.2, 0) is 11.2 Å². The topological polar surface area (TPSA) is 106 Å². The minimum atomic E-state index is -0.387. The van der Waals surface area contributed by atoms with Gasteiger partial charge in [-0.2, -0.15) is 0 Å². The Bertz CT molecular complexity index is 828. The molecule has 1 unspecified atom stereocenters. The average Bonchev–Trinajstić information content (AvgIpc) is 2.74. The van der Waals surface area contributed by atoms with Crippen molar-refractivity contribution in [3.63, 3.8) is 0 Å². The van der Waals surface area contributed by atoms with E-state index < -0.39 is 0 Å². The number of carbonyl (C=O) groups is 2. The molecule has 1 aliphatic rings. The minimum Gasteiger partial charge on any atom is -0.496 e. The van der Waals surface area contributed by atoms with Gasteiger partial charge in [0, 0.05) is 30.8 Å². The van der Waals surface area contributed by atoms with Gasteiger partial charge in [-0.05, 0) is 29.8 Å². The SMILES string of the molecule is COc1cc(C(=O)NN)ccc1CC1CN(C(=O)Nc2ccccc2)CCO1. The van der Waals surface area contributed by atoms with Crippen LogP contribution in [0.25, 0.3) is 0 Å². The number of rotatable bonds is 5. The quantitative estimate of drug-likeness (QED) is 0.414. The molecular formula is C20H24N4O4. The van der Waals surface area contributed by atoms with Crippen molar-refractivity contribution in [2.45, 2.75) is 12.5 Å². The van der Waals surface area contributed by atoms with Crippen molar-refractivity contribution in [2.75, 3.05) is 32.1 Å².